The highest BCUT2D eigenvalue weighted by atomic mass is 35.5. The zero-order valence-corrected chi connectivity index (χ0v) is 11.6. The van der Waals surface area contributed by atoms with Crippen LogP contribution in [0.25, 0.3) is 0 Å². The summed E-state index contributed by atoms with van der Waals surface area (Å²) in [4.78, 5) is 11.2. The van der Waals surface area contributed by atoms with Crippen molar-refractivity contribution in [3.05, 3.63) is 29.3 Å². The molecule has 0 aliphatic carbocycles. The third-order valence-electron chi connectivity index (χ3n) is 2.59. The number of hydrogen-bond acceptors (Lipinski definition) is 5. The zero-order chi connectivity index (χ0) is 12.6. The number of esters is 1. The van der Waals surface area contributed by atoms with Gasteiger partial charge in [-0.1, -0.05) is 6.07 Å². The normalized spacial score (nSPS) is 17.8. The van der Waals surface area contributed by atoms with Gasteiger partial charge in [-0.3, -0.25) is 10.1 Å². The number of nitrogens with one attached hydrogen (secondary N) is 1. The number of ether oxygens (including phenoxy) is 1. The van der Waals surface area contributed by atoms with Crippen molar-refractivity contribution in [2.75, 3.05) is 6.26 Å². The van der Waals surface area contributed by atoms with Gasteiger partial charge in [0.2, 0.25) is 0 Å². The predicted octanol–water partition coefficient (Wildman–Crippen LogP) is 1.18. The molecule has 1 aromatic carbocycles. The Hall–Kier alpha value is -1.11. The highest BCUT2D eigenvalue weighted by molar-refractivity contribution is 7.90. The molecule has 1 heterocycles. The number of rotatable bonds is 2. The molecule has 0 saturated heterocycles. The second kappa shape index (κ2) is 5.26. The Labute approximate surface area is 112 Å². The zero-order valence-electron chi connectivity index (χ0n) is 9.97. The molecule has 1 aromatic rings. The van der Waals surface area contributed by atoms with Crippen LogP contribution in [0.15, 0.2) is 23.1 Å². The van der Waals surface area contributed by atoms with Gasteiger partial charge in [0.15, 0.2) is 16.1 Å². The Kier molecular flexibility index (Phi) is 4.37. The first-order valence-corrected chi connectivity index (χ1v) is 7.00. The van der Waals surface area contributed by atoms with E-state index in [1.807, 2.05) is 0 Å². The van der Waals surface area contributed by atoms with Gasteiger partial charge in [0.05, 0.1) is 4.90 Å². The largest absolute Gasteiger partial charge is 0.442 e. The monoisotopic (exact) mass is 291 g/mol. The molecule has 0 bridgehead atoms. The maximum absolute atomic E-state index is 11.4. The lowest BCUT2D eigenvalue weighted by Gasteiger charge is -2.11. The van der Waals surface area contributed by atoms with E-state index in [2.05, 4.69) is 5.32 Å². The third-order valence-corrected chi connectivity index (χ3v) is 3.70. The van der Waals surface area contributed by atoms with E-state index in [0.717, 1.165) is 11.1 Å². The summed E-state index contributed by atoms with van der Waals surface area (Å²) in [7, 11) is -3.20. The van der Waals surface area contributed by atoms with Crippen LogP contribution in [0.5, 0.6) is 0 Å². The van der Waals surface area contributed by atoms with Gasteiger partial charge in [0, 0.05) is 25.3 Å². The van der Waals surface area contributed by atoms with E-state index >= 15 is 0 Å². The molecule has 1 N–H and O–H groups in total. The highest BCUT2D eigenvalue weighted by Crippen LogP contribution is 2.28. The van der Waals surface area contributed by atoms with Gasteiger partial charge >= 0.3 is 5.97 Å². The molecule has 100 valence electrons. The van der Waals surface area contributed by atoms with Crippen LogP contribution in [0.1, 0.15) is 24.3 Å². The van der Waals surface area contributed by atoms with E-state index in [4.69, 9.17) is 4.74 Å². The molecule has 1 aliphatic rings. The molecule has 2 rings (SSSR count). The molecule has 7 heteroatoms. The minimum atomic E-state index is -3.20. The van der Waals surface area contributed by atoms with Crippen molar-refractivity contribution in [1.82, 2.24) is 5.32 Å². The van der Waals surface area contributed by atoms with Gasteiger partial charge in [-0.2, -0.15) is 0 Å². The van der Waals surface area contributed by atoms with Crippen molar-refractivity contribution >= 4 is 28.2 Å². The summed E-state index contributed by atoms with van der Waals surface area (Å²) in [6.07, 6.45) is 0.691. The van der Waals surface area contributed by atoms with E-state index in [1.54, 1.807) is 12.1 Å². The van der Waals surface area contributed by atoms with E-state index in [-0.39, 0.29) is 23.3 Å². The maximum atomic E-state index is 11.4. The predicted molar refractivity (Wildman–Crippen MR) is 68.1 cm³/mol. The minimum Gasteiger partial charge on any atom is -0.442 e. The van der Waals surface area contributed by atoms with Crippen LogP contribution in [0, 0.1) is 0 Å². The van der Waals surface area contributed by atoms with Gasteiger partial charge in [-0.25, -0.2) is 8.42 Å². The number of hydrogen-bond donors (Lipinski definition) is 1. The van der Waals surface area contributed by atoms with Crippen molar-refractivity contribution < 1.29 is 17.9 Å². The fourth-order valence-electron chi connectivity index (χ4n) is 1.81. The summed E-state index contributed by atoms with van der Waals surface area (Å²) in [6.45, 7) is 1.83. The molecule has 1 atom stereocenters. The van der Waals surface area contributed by atoms with Crippen LogP contribution < -0.4 is 5.32 Å². The van der Waals surface area contributed by atoms with Gasteiger partial charge in [-0.15, -0.1) is 12.4 Å². The van der Waals surface area contributed by atoms with Crippen LogP contribution >= 0.6 is 12.4 Å². The average molecular weight is 292 g/mol. The standard InChI is InChI=1S/C11H13NO4S.ClH/c1-7(13)16-11-10-4-3-9(17(2,14)15)5-8(10)6-12-11;/h3-5,11-12H,6H2,1-2H3;1H. The van der Waals surface area contributed by atoms with Gasteiger partial charge < -0.3 is 4.74 Å². The Morgan fingerprint density at radius 1 is 1.44 bits per heavy atom. The van der Waals surface area contributed by atoms with Crippen molar-refractivity contribution in [2.24, 2.45) is 0 Å². The molecule has 0 aromatic heterocycles. The second-order valence-corrected chi connectivity index (χ2v) is 6.02. The summed E-state index contributed by atoms with van der Waals surface area (Å²) >= 11 is 0. The Morgan fingerprint density at radius 2 is 2.11 bits per heavy atom. The summed E-state index contributed by atoms with van der Waals surface area (Å²) in [5.74, 6) is -0.373. The molecule has 18 heavy (non-hydrogen) atoms. The van der Waals surface area contributed by atoms with Gasteiger partial charge in [-0.05, 0) is 17.7 Å². The Bertz CT molecular complexity index is 570. The van der Waals surface area contributed by atoms with E-state index in [0.29, 0.717) is 6.54 Å². The number of fused-ring (bicyclic) bond motifs is 1. The van der Waals surface area contributed by atoms with E-state index in [1.165, 1.54) is 19.2 Å². The number of sulfone groups is 1. The lowest BCUT2D eigenvalue weighted by Crippen LogP contribution is -2.17. The Morgan fingerprint density at radius 3 is 2.67 bits per heavy atom. The molecule has 0 amide bonds. The quantitative estimate of drug-likeness (QED) is 0.828. The van der Waals surface area contributed by atoms with E-state index < -0.39 is 16.1 Å². The fraction of sp³-hybridized carbons (Fsp3) is 0.364. The lowest BCUT2D eigenvalue weighted by molar-refractivity contribution is -0.147. The van der Waals surface area contributed by atoms with Crippen LogP contribution in [-0.4, -0.2) is 20.6 Å². The van der Waals surface area contributed by atoms with Crippen molar-refractivity contribution in [3.8, 4) is 0 Å². The highest BCUT2D eigenvalue weighted by Gasteiger charge is 2.25. The first-order valence-electron chi connectivity index (χ1n) is 5.11. The summed E-state index contributed by atoms with van der Waals surface area (Å²) in [5.41, 5.74) is 1.66. The number of halogens is 1. The molecular formula is C11H14ClNO4S. The minimum absolute atomic E-state index is 0. The number of carbonyl (C=O) groups is 1. The maximum Gasteiger partial charge on any atom is 0.304 e. The number of carbonyl (C=O) groups excluding carboxylic acids is 1. The van der Waals surface area contributed by atoms with Crippen molar-refractivity contribution in [3.63, 3.8) is 0 Å². The van der Waals surface area contributed by atoms with Crippen LogP contribution in [0.3, 0.4) is 0 Å². The molecule has 1 unspecified atom stereocenters. The molecule has 0 spiro atoms. The molecule has 0 saturated carbocycles. The van der Waals surface area contributed by atoms with Crippen molar-refractivity contribution in [2.45, 2.75) is 24.6 Å². The molecule has 0 fully saturated rings. The van der Waals surface area contributed by atoms with Gasteiger partial charge in [0.25, 0.3) is 0 Å². The topological polar surface area (TPSA) is 72.5 Å². The lowest BCUT2D eigenvalue weighted by atomic mass is 10.1. The number of benzene rings is 1. The first kappa shape index (κ1) is 14.9. The van der Waals surface area contributed by atoms with Crippen LogP contribution in [0.2, 0.25) is 0 Å². The van der Waals surface area contributed by atoms with Gasteiger partial charge in [0.1, 0.15) is 0 Å². The fourth-order valence-corrected chi connectivity index (χ4v) is 2.48. The average Bonchev–Trinajstić information content (AvgIpc) is 2.59. The Balaban J connectivity index is 0.00000162. The van der Waals surface area contributed by atoms with E-state index in [9.17, 15) is 13.2 Å². The third kappa shape index (κ3) is 3.01. The van der Waals surface area contributed by atoms with Crippen molar-refractivity contribution in [1.29, 1.82) is 0 Å². The first-order chi connectivity index (χ1) is 7.88. The smallest absolute Gasteiger partial charge is 0.304 e. The summed E-state index contributed by atoms with van der Waals surface area (Å²) < 4.78 is 27.8. The van der Waals surface area contributed by atoms with Crippen LogP contribution in [-0.2, 0) is 25.9 Å². The molecule has 5 nitrogen and oxygen atoms in total. The van der Waals surface area contributed by atoms with Crippen LogP contribution in [0.4, 0.5) is 0 Å². The molecule has 0 radical (unpaired) electrons. The second-order valence-electron chi connectivity index (χ2n) is 4.00. The molecule has 1 aliphatic heterocycles. The SMILES string of the molecule is CC(=O)OC1NCc2cc(S(C)(=O)=O)ccc21.Cl. The molecular weight excluding hydrogens is 278 g/mol. The summed E-state index contributed by atoms with van der Waals surface area (Å²) in [6, 6.07) is 4.82. The summed E-state index contributed by atoms with van der Waals surface area (Å²) in [5, 5.41) is 2.99.